The van der Waals surface area contributed by atoms with Crippen molar-refractivity contribution in [2.24, 2.45) is 5.73 Å². The van der Waals surface area contributed by atoms with Crippen molar-refractivity contribution in [3.8, 4) is 44.5 Å². The van der Waals surface area contributed by atoms with Crippen LogP contribution in [0.2, 0.25) is 10.0 Å². The molecule has 0 aliphatic carbocycles. The fourth-order valence-electron chi connectivity index (χ4n) is 6.52. The molecule has 8 rings (SSSR count). The van der Waals surface area contributed by atoms with Crippen molar-refractivity contribution < 1.29 is 33.8 Å². The number of ether oxygens (including phenoxy) is 2. The molecule has 2 aromatic carbocycles. The number of fused-ring (bicyclic) bond motifs is 2. The molecule has 4 aromatic heterocycles. The van der Waals surface area contributed by atoms with E-state index in [9.17, 15) is 24.4 Å². The number of carbonyl (C=O) groups excluding carboxylic acids is 3. The fourth-order valence-corrected chi connectivity index (χ4v) is 8.86. The molecule has 0 bridgehead atoms. The number of aromatic nitrogens is 2. The molecule has 0 spiro atoms. The van der Waals surface area contributed by atoms with Crippen LogP contribution in [-0.2, 0) is 22.4 Å². The van der Waals surface area contributed by atoms with Gasteiger partial charge in [0.2, 0.25) is 0 Å². The highest BCUT2D eigenvalue weighted by atomic mass is 35.5. The van der Waals surface area contributed by atoms with Gasteiger partial charge in [-0.2, -0.15) is 10.5 Å². The first-order valence-corrected chi connectivity index (χ1v) is 22.1. The van der Waals surface area contributed by atoms with Crippen molar-refractivity contribution in [2.45, 2.75) is 38.9 Å². The monoisotopic (exact) mass is 980 g/mol. The number of carboxylic acid groups (broad SMARTS) is 1. The summed E-state index contributed by atoms with van der Waals surface area (Å²) in [7, 11) is 0. The van der Waals surface area contributed by atoms with Gasteiger partial charge in [-0.15, -0.1) is 35.1 Å². The van der Waals surface area contributed by atoms with Gasteiger partial charge in [-0.1, -0.05) is 35.3 Å². The van der Waals surface area contributed by atoms with E-state index in [-0.39, 0.29) is 53.9 Å². The van der Waals surface area contributed by atoms with E-state index < -0.39 is 11.9 Å². The highest BCUT2D eigenvalue weighted by Crippen LogP contribution is 2.42. The highest BCUT2D eigenvalue weighted by molar-refractivity contribution is 7.17. The smallest absolute Gasteiger partial charge is 0.346 e. The second-order valence-corrected chi connectivity index (χ2v) is 17.4. The van der Waals surface area contributed by atoms with Gasteiger partial charge < -0.3 is 25.6 Å². The number of ketones is 2. The number of aliphatic carboxylic acids is 1. The molecule has 0 radical (unpaired) electrons. The summed E-state index contributed by atoms with van der Waals surface area (Å²) in [6.45, 7) is 3.83. The second kappa shape index (κ2) is 23.5. The Labute approximate surface area is 404 Å². The van der Waals surface area contributed by atoms with Gasteiger partial charge >= 0.3 is 5.97 Å². The molecule has 0 fully saturated rings. The average molecular weight is 982 g/mol. The zero-order valence-electron chi connectivity index (χ0n) is 35.1. The van der Waals surface area contributed by atoms with Gasteiger partial charge in [-0.3, -0.25) is 24.4 Å². The van der Waals surface area contributed by atoms with Gasteiger partial charge in [0, 0.05) is 65.1 Å². The molecule has 336 valence electrons. The molecule has 18 heteroatoms. The van der Waals surface area contributed by atoms with Gasteiger partial charge in [0.15, 0.2) is 11.6 Å². The first kappa shape index (κ1) is 50.3. The van der Waals surface area contributed by atoms with Crippen molar-refractivity contribution in [3.05, 3.63) is 151 Å². The lowest BCUT2D eigenvalue weighted by atomic mass is 10.1. The van der Waals surface area contributed by atoms with Crippen LogP contribution in [0.1, 0.15) is 55.4 Å². The minimum Gasteiger partial charge on any atom is -0.487 e. The molecule has 1 amide bonds. The number of benzene rings is 2. The number of carboxylic acids is 1. The van der Waals surface area contributed by atoms with Crippen molar-refractivity contribution in [1.29, 1.82) is 10.5 Å². The zero-order chi connectivity index (χ0) is 46.6. The molecule has 2 aliphatic rings. The van der Waals surface area contributed by atoms with Gasteiger partial charge in [0.1, 0.15) is 47.0 Å². The maximum Gasteiger partial charge on any atom is 0.346 e. The number of hydrogen-bond acceptors (Lipinski definition) is 13. The number of nitrogens with zero attached hydrogens (tertiary/aromatic N) is 4. The number of nitrogens with one attached hydrogen (secondary N) is 1. The average Bonchev–Trinajstić information content (AvgIpc) is 4.14. The molecule has 0 saturated carbocycles. The van der Waals surface area contributed by atoms with E-state index >= 15 is 0 Å². The zero-order valence-corrected chi connectivity index (χ0v) is 39.1. The summed E-state index contributed by atoms with van der Waals surface area (Å²) in [5, 5.41) is 30.1. The number of thiophene rings is 2. The molecule has 2 aliphatic heterocycles. The number of nitrogens with two attached hydrogens (primary N) is 1. The molecule has 13 nitrogen and oxygen atoms in total. The van der Waals surface area contributed by atoms with Crippen LogP contribution in [-0.4, -0.2) is 63.8 Å². The number of Topliss-reactive ketones (excluding diaryl/α,β-unsaturated/α-hetero) is 2. The Morgan fingerprint density at radius 3 is 1.65 bits per heavy atom. The number of halogens is 3. The van der Waals surface area contributed by atoms with Crippen LogP contribution in [0, 0.1) is 22.7 Å². The lowest BCUT2D eigenvalue weighted by Crippen LogP contribution is -2.35. The molecular weight excluding hydrogens is 943 g/mol. The lowest BCUT2D eigenvalue weighted by Gasteiger charge is -2.12. The molecule has 6 aromatic rings. The molecule has 66 heavy (non-hydrogen) atoms. The summed E-state index contributed by atoms with van der Waals surface area (Å²) in [5.41, 5.74) is 10.6. The summed E-state index contributed by atoms with van der Waals surface area (Å²) < 4.78 is 11.7. The van der Waals surface area contributed by atoms with Crippen LogP contribution in [0.25, 0.3) is 33.0 Å². The molecule has 0 saturated heterocycles. The van der Waals surface area contributed by atoms with Crippen molar-refractivity contribution in [2.75, 3.05) is 13.1 Å². The summed E-state index contributed by atoms with van der Waals surface area (Å²) in [6.07, 6.45) is 10.1. The SMILES string of the molecule is CC(=O)c1ccc(-c2cc(Cl)c3c(c2)CC(CN)O3)s1.CC(=O)c1ccc(-c2cc(Cl)c3c(c2)CC(CNC(=O)C(C#N)=Cc2cccnc2)O3)s1.Cl.N#CC(=Cc1cccnc1)C(=O)O. The van der Waals surface area contributed by atoms with Crippen LogP contribution in [0.5, 0.6) is 11.5 Å². The third kappa shape index (κ3) is 13.0. The maximum absolute atomic E-state index is 12.4. The first-order chi connectivity index (χ1) is 31.3. The van der Waals surface area contributed by atoms with E-state index in [1.54, 1.807) is 62.8 Å². The Bertz CT molecular complexity index is 2910. The maximum atomic E-state index is 12.4. The Balaban J connectivity index is 0.000000205. The molecule has 4 N–H and O–H groups in total. The first-order valence-electron chi connectivity index (χ1n) is 19.7. The number of pyridine rings is 2. The third-order valence-corrected chi connectivity index (χ3v) is 12.7. The van der Waals surface area contributed by atoms with Gasteiger partial charge in [0.25, 0.3) is 5.91 Å². The minimum absolute atomic E-state index is 0. The predicted molar refractivity (Wildman–Crippen MR) is 258 cm³/mol. The van der Waals surface area contributed by atoms with Crippen LogP contribution in [0.4, 0.5) is 0 Å². The normalized spacial score (nSPS) is 14.4. The Hall–Kier alpha value is -6.69. The molecule has 2 atom stereocenters. The van der Waals surface area contributed by atoms with E-state index in [2.05, 4.69) is 21.4 Å². The van der Waals surface area contributed by atoms with Crippen LogP contribution < -0.4 is 20.5 Å². The third-order valence-electron chi connectivity index (χ3n) is 9.64. The number of carbonyl (C=O) groups is 4. The quantitative estimate of drug-likeness (QED) is 0.0628. The minimum atomic E-state index is -1.23. The number of hydrogen-bond donors (Lipinski definition) is 3. The van der Waals surface area contributed by atoms with E-state index in [4.69, 9.17) is 48.8 Å². The summed E-state index contributed by atoms with van der Waals surface area (Å²) in [4.78, 5) is 57.0. The molecule has 2 unspecified atom stereocenters. The van der Waals surface area contributed by atoms with Gasteiger partial charge in [-0.25, -0.2) is 4.79 Å². The highest BCUT2D eigenvalue weighted by Gasteiger charge is 2.28. The number of rotatable bonds is 11. The Morgan fingerprint density at radius 1 is 0.773 bits per heavy atom. The van der Waals surface area contributed by atoms with Gasteiger partial charge in [-0.05, 0) is 109 Å². The largest absolute Gasteiger partial charge is 0.487 e. The van der Waals surface area contributed by atoms with Crippen molar-refractivity contribution in [3.63, 3.8) is 0 Å². The number of amides is 1. The summed E-state index contributed by atoms with van der Waals surface area (Å²) in [6, 6.07) is 25.7. The van der Waals surface area contributed by atoms with Crippen LogP contribution in [0.15, 0.2) is 109 Å². The lowest BCUT2D eigenvalue weighted by molar-refractivity contribution is -0.132. The topological polar surface area (TPSA) is 218 Å². The molecular formula is C48H39Cl3N6O7S2. The number of nitriles is 2. The van der Waals surface area contributed by atoms with Gasteiger partial charge in [0.05, 0.1) is 26.3 Å². The predicted octanol–water partition coefficient (Wildman–Crippen LogP) is 9.72. The van der Waals surface area contributed by atoms with Crippen LogP contribution in [0.3, 0.4) is 0 Å². The second-order valence-electron chi connectivity index (χ2n) is 14.4. The van der Waals surface area contributed by atoms with Crippen molar-refractivity contribution in [1.82, 2.24) is 15.3 Å². The Morgan fingerprint density at radius 2 is 1.24 bits per heavy atom. The van der Waals surface area contributed by atoms with Crippen molar-refractivity contribution >= 4 is 93.9 Å². The van der Waals surface area contributed by atoms with Crippen LogP contribution >= 0.6 is 58.3 Å². The standard InChI is InChI=1S/C24H18ClN3O3S.C15H14ClNO2S.C9H6N2O2.ClH/c1-14(29)21-4-5-22(32-21)16-8-17-9-19(31-23(17)20(25)10-16)13-28-24(30)18(11-26)7-15-3-2-6-27-12-15;1-8(18)13-2-3-14(20-13)9-4-10-5-11(7-17)19-15(10)12(16)6-9;10-5-8(9(12)13)4-7-2-1-3-11-6-7;/h2-8,10,12,19H,9,13H2,1H3,(H,28,30);2-4,6,11H,5,7,17H2,1H3;1-4,6H,(H,12,13);1H. The van der Waals surface area contributed by atoms with E-state index in [1.165, 1.54) is 41.0 Å². The Kier molecular flexibility index (Phi) is 17.9. The van der Waals surface area contributed by atoms with E-state index in [0.717, 1.165) is 49.1 Å². The van der Waals surface area contributed by atoms with E-state index in [1.807, 2.05) is 48.5 Å². The fraction of sp³-hybridized carbons (Fsp3) is 0.167. The summed E-state index contributed by atoms with van der Waals surface area (Å²) >= 11 is 15.6. The van der Waals surface area contributed by atoms with E-state index in [0.29, 0.717) is 44.8 Å². The summed E-state index contributed by atoms with van der Waals surface area (Å²) in [5.74, 6) is -0.245. The molecule has 6 heterocycles.